The molecule has 1 unspecified atom stereocenters. The molecule has 6 rings (SSSR count). The largest absolute Gasteiger partial charge is 0.346 e. The topological polar surface area (TPSA) is 154 Å². The van der Waals surface area contributed by atoms with Crippen molar-refractivity contribution in [2.24, 2.45) is 34.5 Å². The Bertz CT molecular complexity index is 1460. The maximum Gasteiger partial charge on any atom is 0.289 e. The van der Waals surface area contributed by atoms with Crippen LogP contribution >= 0.6 is 11.8 Å². The fraction of sp³-hybridized carbons (Fsp3) is 0.750. The molecule has 2 aliphatic heterocycles. The van der Waals surface area contributed by atoms with E-state index in [1.54, 1.807) is 4.90 Å². The number of hydrogen-bond donors (Lipinski definition) is 4. The summed E-state index contributed by atoms with van der Waals surface area (Å²) in [5.74, 6) is -1.63. The van der Waals surface area contributed by atoms with Crippen molar-refractivity contribution in [3.05, 3.63) is 23.6 Å². The minimum atomic E-state index is -0.984. The van der Waals surface area contributed by atoms with Crippen molar-refractivity contribution in [1.29, 1.82) is 0 Å². The van der Waals surface area contributed by atoms with E-state index in [1.165, 1.54) is 17.8 Å². The van der Waals surface area contributed by atoms with Crippen LogP contribution in [0.15, 0.2) is 23.6 Å². The first-order chi connectivity index (χ1) is 24.9. The number of piperidine rings is 1. The molecule has 12 heteroatoms. The van der Waals surface area contributed by atoms with Gasteiger partial charge < -0.3 is 26.2 Å². The second-order valence-corrected chi connectivity index (χ2v) is 18.3. The van der Waals surface area contributed by atoms with Crippen LogP contribution in [0.1, 0.15) is 111 Å². The molecule has 4 saturated carbocycles. The Morgan fingerprint density at radius 1 is 0.942 bits per heavy atom. The van der Waals surface area contributed by atoms with Gasteiger partial charge >= 0.3 is 0 Å². The average molecular weight is 738 g/mol. The van der Waals surface area contributed by atoms with Gasteiger partial charge in [-0.25, -0.2) is 0 Å². The molecule has 0 aromatic rings. The predicted molar refractivity (Wildman–Crippen MR) is 201 cm³/mol. The lowest BCUT2D eigenvalue weighted by atomic mass is 9.69. The smallest absolute Gasteiger partial charge is 0.289 e. The van der Waals surface area contributed by atoms with Crippen LogP contribution in [0.4, 0.5) is 0 Å². The molecule has 6 atom stereocenters. The van der Waals surface area contributed by atoms with E-state index in [1.807, 2.05) is 6.08 Å². The van der Waals surface area contributed by atoms with Crippen molar-refractivity contribution in [3.8, 4) is 0 Å². The van der Waals surface area contributed by atoms with Gasteiger partial charge in [0, 0.05) is 18.8 Å². The first-order valence-electron chi connectivity index (χ1n) is 19.8. The average Bonchev–Trinajstić information content (AvgIpc) is 3.83. The second-order valence-electron chi connectivity index (χ2n) is 17.2. The van der Waals surface area contributed by atoms with Crippen LogP contribution in [0.2, 0.25) is 0 Å². The zero-order valence-corrected chi connectivity index (χ0v) is 32.1. The number of thioether (sulfide) groups is 1. The van der Waals surface area contributed by atoms with Crippen molar-refractivity contribution in [3.63, 3.8) is 0 Å². The van der Waals surface area contributed by atoms with E-state index in [0.717, 1.165) is 89.2 Å². The summed E-state index contributed by atoms with van der Waals surface area (Å²) in [4.78, 5) is 85.6. The van der Waals surface area contributed by atoms with Gasteiger partial charge in [-0.3, -0.25) is 28.8 Å². The van der Waals surface area contributed by atoms with Gasteiger partial charge in [-0.1, -0.05) is 84.3 Å². The molecule has 5 amide bonds. The number of allylic oxidation sites excluding steroid dienone is 1. The molecule has 0 aromatic heterocycles. The van der Waals surface area contributed by atoms with Crippen molar-refractivity contribution in [2.75, 3.05) is 18.8 Å². The Hall–Kier alpha value is -3.15. The van der Waals surface area contributed by atoms with Crippen LogP contribution in [0, 0.1) is 34.5 Å². The Balaban J connectivity index is 1.25. The van der Waals surface area contributed by atoms with Crippen LogP contribution in [-0.2, 0) is 28.8 Å². The third-order valence-electron chi connectivity index (χ3n) is 13.1. The van der Waals surface area contributed by atoms with Crippen LogP contribution in [0.3, 0.4) is 0 Å². The molecule has 5 fully saturated rings. The van der Waals surface area contributed by atoms with Crippen LogP contribution in [-0.4, -0.2) is 83.2 Å². The molecular weight excluding hydrogens is 679 g/mol. The summed E-state index contributed by atoms with van der Waals surface area (Å²) in [5, 5.41) is 11.8. The summed E-state index contributed by atoms with van der Waals surface area (Å²) in [6.45, 7) is 10.4. The maximum atomic E-state index is 15.0. The lowest BCUT2D eigenvalue weighted by Crippen LogP contribution is -2.64. The molecule has 11 nitrogen and oxygen atoms in total. The SMILES string of the molecule is C=CCNC(=O)C(=O)C(CC1CC1)NC(=O)[C@@H]1[C@@H]2[C@H](CN1C(=O)[C@@H](NC(=O)[C@@H](NC(=O)C1=CCCS1)C1CCCCC1)C1(C)CCCCC1)C2(C)C. The molecule has 0 spiro atoms. The fourth-order valence-corrected chi connectivity index (χ4v) is 10.5. The van der Waals surface area contributed by atoms with E-state index in [9.17, 15) is 24.0 Å². The number of rotatable bonds is 15. The second kappa shape index (κ2) is 16.1. The number of fused-ring (bicyclic) bond motifs is 1. The molecule has 4 aliphatic carbocycles. The summed E-state index contributed by atoms with van der Waals surface area (Å²) in [6.07, 6.45) is 15.7. The number of nitrogens with one attached hydrogen (secondary N) is 4. The standard InChI is InChI=1S/C40H59N5O6S/c1-5-20-41-37(50)32(46)27(22-24-16-17-24)42-36(49)31-29-26(39(29,2)3)23-45(31)38(51)33(40(4)18-10-7-11-19-40)44-35(48)30(25-13-8-6-9-14-25)43-34(47)28-15-12-21-52-28/h5,15,24-27,29-31,33H,1,6-14,16-23H2,2-4H3,(H,41,50)(H,42,49)(H,43,47)(H,44,48)/t26-,27?,29-,30-,31-,33+/m0/s1. The fourth-order valence-electron chi connectivity index (χ4n) is 9.63. The van der Waals surface area contributed by atoms with Crippen LogP contribution in [0.5, 0.6) is 0 Å². The van der Waals surface area contributed by atoms with E-state index < -0.39 is 47.2 Å². The molecule has 4 N–H and O–H groups in total. The lowest BCUT2D eigenvalue weighted by molar-refractivity contribution is -0.148. The summed E-state index contributed by atoms with van der Waals surface area (Å²) >= 11 is 1.50. The van der Waals surface area contributed by atoms with Gasteiger partial charge in [0.2, 0.25) is 23.5 Å². The van der Waals surface area contributed by atoms with Gasteiger partial charge in [0.1, 0.15) is 18.1 Å². The third kappa shape index (κ3) is 8.31. The Morgan fingerprint density at radius 3 is 2.27 bits per heavy atom. The third-order valence-corrected chi connectivity index (χ3v) is 14.2. The number of ketones is 1. The van der Waals surface area contributed by atoms with Gasteiger partial charge in [0.25, 0.3) is 11.8 Å². The van der Waals surface area contributed by atoms with E-state index in [4.69, 9.17) is 0 Å². The van der Waals surface area contributed by atoms with Gasteiger partial charge in [0.15, 0.2) is 0 Å². The zero-order chi connectivity index (χ0) is 37.2. The van der Waals surface area contributed by atoms with E-state index in [0.29, 0.717) is 17.9 Å². The number of carbonyl (C=O) groups is 6. The summed E-state index contributed by atoms with van der Waals surface area (Å²) < 4.78 is 0. The highest BCUT2D eigenvalue weighted by Crippen LogP contribution is 2.65. The molecule has 2 heterocycles. The number of carbonyl (C=O) groups excluding carboxylic acids is 6. The molecule has 0 radical (unpaired) electrons. The van der Waals surface area contributed by atoms with Gasteiger partial charge in [-0.15, -0.1) is 18.3 Å². The highest BCUT2D eigenvalue weighted by Gasteiger charge is 2.70. The molecular formula is C40H59N5O6S. The molecule has 6 aliphatic rings. The van der Waals surface area contributed by atoms with Gasteiger partial charge in [0.05, 0.1) is 10.9 Å². The van der Waals surface area contributed by atoms with Gasteiger partial charge in [-0.05, 0) is 73.0 Å². The van der Waals surface area contributed by atoms with Gasteiger partial charge in [-0.2, -0.15) is 0 Å². The molecule has 0 bridgehead atoms. The number of hydrogen-bond acceptors (Lipinski definition) is 7. The monoisotopic (exact) mass is 737 g/mol. The van der Waals surface area contributed by atoms with Crippen molar-refractivity contribution >= 4 is 47.1 Å². The summed E-state index contributed by atoms with van der Waals surface area (Å²) in [6, 6.07) is -3.45. The molecule has 1 saturated heterocycles. The first kappa shape index (κ1) is 38.6. The first-order valence-corrected chi connectivity index (χ1v) is 20.8. The number of nitrogens with zero attached hydrogens (tertiary/aromatic N) is 1. The Kier molecular flexibility index (Phi) is 11.9. The normalized spacial score (nSPS) is 27.9. The maximum absolute atomic E-state index is 15.0. The zero-order valence-electron chi connectivity index (χ0n) is 31.3. The number of amides is 5. The minimum Gasteiger partial charge on any atom is -0.346 e. The Labute approximate surface area is 313 Å². The molecule has 52 heavy (non-hydrogen) atoms. The van der Waals surface area contributed by atoms with Crippen LogP contribution < -0.4 is 21.3 Å². The molecule has 0 aromatic carbocycles. The lowest BCUT2D eigenvalue weighted by Gasteiger charge is -2.44. The highest BCUT2D eigenvalue weighted by molar-refractivity contribution is 8.04. The van der Waals surface area contributed by atoms with Crippen molar-refractivity contribution in [2.45, 2.75) is 135 Å². The summed E-state index contributed by atoms with van der Waals surface area (Å²) in [5.41, 5.74) is -0.708. The van der Waals surface area contributed by atoms with Crippen molar-refractivity contribution < 1.29 is 28.8 Å². The summed E-state index contributed by atoms with van der Waals surface area (Å²) in [7, 11) is 0. The van der Waals surface area contributed by atoms with Crippen molar-refractivity contribution in [1.82, 2.24) is 26.2 Å². The Morgan fingerprint density at radius 2 is 1.63 bits per heavy atom. The van der Waals surface area contributed by atoms with E-state index in [2.05, 4.69) is 48.6 Å². The minimum absolute atomic E-state index is 0.0250. The quantitative estimate of drug-likeness (QED) is 0.145. The number of likely N-dealkylation sites (tertiary alicyclic amines) is 1. The van der Waals surface area contributed by atoms with E-state index >= 15 is 4.79 Å². The molecule has 286 valence electrons. The van der Waals surface area contributed by atoms with E-state index in [-0.39, 0.29) is 53.4 Å². The number of Topliss-reactive ketones (excluding diaryl/α,β-unsaturated/α-hetero) is 1. The van der Waals surface area contributed by atoms with Crippen LogP contribution in [0.25, 0.3) is 0 Å². The predicted octanol–water partition coefficient (Wildman–Crippen LogP) is 4.17. The highest BCUT2D eigenvalue weighted by atomic mass is 32.2.